The van der Waals surface area contributed by atoms with Gasteiger partial charge in [0.1, 0.15) is 5.58 Å². The lowest BCUT2D eigenvalue weighted by Crippen LogP contribution is -2.24. The highest BCUT2D eigenvalue weighted by Gasteiger charge is 2.42. The van der Waals surface area contributed by atoms with Crippen LogP contribution in [0, 0.1) is 13.8 Å². The van der Waals surface area contributed by atoms with Crippen LogP contribution in [0.4, 0.5) is 0 Å². The summed E-state index contributed by atoms with van der Waals surface area (Å²) in [5.41, 5.74) is 10.9. The molecule has 0 aliphatic heterocycles. The molecule has 0 N–H and O–H groups in total. The second kappa shape index (κ2) is 6.77. The molecule has 3 aromatic heterocycles. The van der Waals surface area contributed by atoms with Gasteiger partial charge in [-0.2, -0.15) is 0 Å². The van der Waals surface area contributed by atoms with E-state index in [1.807, 2.05) is 6.20 Å². The van der Waals surface area contributed by atoms with Crippen molar-refractivity contribution in [3.8, 4) is 22.4 Å². The first-order valence-corrected chi connectivity index (χ1v) is 11.5. The zero-order chi connectivity index (χ0) is 22.0. The number of aryl methyl sites for hydroxylation is 2. The molecule has 0 saturated carbocycles. The predicted octanol–water partition coefficient (Wildman–Crippen LogP) is 7.75. The summed E-state index contributed by atoms with van der Waals surface area (Å²) in [4.78, 5) is 9.89. The minimum absolute atomic E-state index is 0.0592. The molecule has 2 aromatic carbocycles. The van der Waals surface area contributed by atoms with Crippen molar-refractivity contribution in [2.75, 3.05) is 0 Å². The summed E-state index contributed by atoms with van der Waals surface area (Å²) in [5, 5.41) is 2.17. The van der Waals surface area contributed by atoms with Crippen LogP contribution in [0.2, 0.25) is 0 Å². The van der Waals surface area contributed by atoms with E-state index in [2.05, 4.69) is 82.3 Å². The fraction of sp³-hybridized carbons (Fsp3) is 0.241. The van der Waals surface area contributed by atoms with Gasteiger partial charge in [0, 0.05) is 33.5 Å². The maximum absolute atomic E-state index is 6.50. The Bertz CT molecular complexity index is 1500. The molecule has 3 heteroatoms. The van der Waals surface area contributed by atoms with Crippen LogP contribution < -0.4 is 0 Å². The Morgan fingerprint density at radius 2 is 1.69 bits per heavy atom. The molecule has 6 rings (SSSR count). The number of benzene rings is 2. The third-order valence-electron chi connectivity index (χ3n) is 7.40. The molecule has 0 bridgehead atoms. The number of rotatable bonds is 3. The van der Waals surface area contributed by atoms with Gasteiger partial charge >= 0.3 is 0 Å². The van der Waals surface area contributed by atoms with E-state index in [1.165, 1.54) is 16.7 Å². The molecule has 0 unspecified atom stereocenters. The Morgan fingerprint density at radius 3 is 2.44 bits per heavy atom. The Kier molecular flexibility index (Phi) is 4.07. The zero-order valence-electron chi connectivity index (χ0n) is 19.0. The lowest BCUT2D eigenvalue weighted by molar-refractivity contribution is 0.476. The lowest BCUT2D eigenvalue weighted by Gasteiger charge is -2.28. The normalized spacial score (nSPS) is 14.1. The van der Waals surface area contributed by atoms with Gasteiger partial charge in [-0.1, -0.05) is 56.3 Å². The lowest BCUT2D eigenvalue weighted by atomic mass is 9.76. The molecule has 0 amide bonds. The number of nitrogens with zero attached hydrogens (tertiary/aromatic N) is 2. The molecule has 3 heterocycles. The van der Waals surface area contributed by atoms with E-state index < -0.39 is 0 Å². The molecule has 1 aliphatic carbocycles. The van der Waals surface area contributed by atoms with Gasteiger partial charge in [0.25, 0.3) is 0 Å². The average molecular weight is 419 g/mol. The molecule has 1 aliphatic rings. The van der Waals surface area contributed by atoms with Gasteiger partial charge in [-0.25, -0.2) is 4.98 Å². The van der Waals surface area contributed by atoms with Crippen molar-refractivity contribution >= 4 is 22.1 Å². The minimum atomic E-state index is -0.0592. The van der Waals surface area contributed by atoms with E-state index in [9.17, 15) is 0 Å². The number of furan rings is 1. The minimum Gasteiger partial charge on any atom is -0.437 e. The highest BCUT2D eigenvalue weighted by molar-refractivity contribution is 6.10. The number of pyridine rings is 2. The summed E-state index contributed by atoms with van der Waals surface area (Å²) < 4.78 is 6.50. The Balaban J connectivity index is 1.69. The molecular weight excluding hydrogens is 392 g/mol. The van der Waals surface area contributed by atoms with Gasteiger partial charge in [0.15, 0.2) is 0 Å². The predicted molar refractivity (Wildman–Crippen MR) is 131 cm³/mol. The molecule has 0 radical (unpaired) electrons. The first kappa shape index (κ1) is 19.2. The van der Waals surface area contributed by atoms with Crippen LogP contribution in [0.1, 0.15) is 49.1 Å². The summed E-state index contributed by atoms with van der Waals surface area (Å²) in [5.74, 6) is 0. The van der Waals surface area contributed by atoms with Gasteiger partial charge in [-0.3, -0.25) is 4.98 Å². The fourth-order valence-electron chi connectivity index (χ4n) is 5.60. The van der Waals surface area contributed by atoms with Crippen LogP contribution >= 0.6 is 0 Å². The third-order valence-corrected chi connectivity index (χ3v) is 7.40. The highest BCUT2D eigenvalue weighted by Crippen LogP contribution is 2.53. The van der Waals surface area contributed by atoms with Crippen LogP contribution in [0.25, 0.3) is 44.5 Å². The summed E-state index contributed by atoms with van der Waals surface area (Å²) in [6, 6.07) is 19.6. The van der Waals surface area contributed by atoms with Gasteiger partial charge in [0.05, 0.1) is 11.4 Å². The smallest absolute Gasteiger partial charge is 0.227 e. The Morgan fingerprint density at radius 1 is 0.875 bits per heavy atom. The molecule has 0 spiro atoms. The highest BCUT2D eigenvalue weighted by atomic mass is 16.3. The second-order valence-electron chi connectivity index (χ2n) is 9.03. The monoisotopic (exact) mass is 418 g/mol. The number of hydrogen-bond donors (Lipinski definition) is 0. The van der Waals surface area contributed by atoms with E-state index in [0.29, 0.717) is 0 Å². The number of aromatic nitrogens is 2. The van der Waals surface area contributed by atoms with Crippen molar-refractivity contribution < 1.29 is 4.42 Å². The summed E-state index contributed by atoms with van der Waals surface area (Å²) in [6.07, 6.45) is 3.95. The molecule has 32 heavy (non-hydrogen) atoms. The second-order valence-corrected chi connectivity index (χ2v) is 9.03. The van der Waals surface area contributed by atoms with Gasteiger partial charge < -0.3 is 4.42 Å². The molecule has 3 nitrogen and oxygen atoms in total. The van der Waals surface area contributed by atoms with E-state index in [1.54, 1.807) is 0 Å². The molecule has 5 aromatic rings. The Hall–Kier alpha value is -3.46. The standard InChI is InChI=1S/C29H26N2O/c1-5-29(6-2)23-10-8-7-9-19(23)21-15-22-20-13-12-18(4)25(24-14-11-17(3)16-30-24)26(20)32-28(22)31-27(21)29/h7-16H,5-6H2,1-4H3. The van der Waals surface area contributed by atoms with Crippen molar-refractivity contribution in [2.24, 2.45) is 0 Å². The molecule has 0 fully saturated rings. The van der Waals surface area contributed by atoms with Crippen LogP contribution in [0.5, 0.6) is 0 Å². The van der Waals surface area contributed by atoms with Crippen LogP contribution in [0.3, 0.4) is 0 Å². The van der Waals surface area contributed by atoms with Gasteiger partial charge in [0.2, 0.25) is 5.71 Å². The maximum atomic E-state index is 6.50. The first-order valence-electron chi connectivity index (χ1n) is 11.5. The molecule has 0 saturated heterocycles. The Labute approximate surface area is 188 Å². The quantitative estimate of drug-likeness (QED) is 0.301. The third kappa shape index (κ3) is 2.42. The summed E-state index contributed by atoms with van der Waals surface area (Å²) in [6.45, 7) is 8.71. The summed E-state index contributed by atoms with van der Waals surface area (Å²) >= 11 is 0. The maximum Gasteiger partial charge on any atom is 0.227 e. The molecule has 0 atom stereocenters. The van der Waals surface area contributed by atoms with E-state index in [-0.39, 0.29) is 5.41 Å². The average Bonchev–Trinajstić information content (AvgIpc) is 3.31. The molecular formula is C29H26N2O. The largest absolute Gasteiger partial charge is 0.437 e. The van der Waals surface area contributed by atoms with Crippen molar-refractivity contribution in [3.63, 3.8) is 0 Å². The molecule has 158 valence electrons. The van der Waals surface area contributed by atoms with Crippen molar-refractivity contribution in [1.82, 2.24) is 9.97 Å². The van der Waals surface area contributed by atoms with Crippen molar-refractivity contribution in [1.29, 1.82) is 0 Å². The van der Waals surface area contributed by atoms with E-state index in [4.69, 9.17) is 14.4 Å². The van der Waals surface area contributed by atoms with E-state index >= 15 is 0 Å². The summed E-state index contributed by atoms with van der Waals surface area (Å²) in [7, 11) is 0. The first-order chi connectivity index (χ1) is 15.6. The van der Waals surface area contributed by atoms with Gasteiger partial charge in [-0.05, 0) is 61.1 Å². The van der Waals surface area contributed by atoms with Crippen LogP contribution in [0.15, 0.2) is 65.2 Å². The SMILES string of the molecule is CCC1(CC)c2ccccc2-c2cc3c(nc21)oc1c(-c2ccc(C)cn2)c(C)ccc13. The topological polar surface area (TPSA) is 38.9 Å². The number of fused-ring (bicyclic) bond motifs is 6. The van der Waals surface area contributed by atoms with Gasteiger partial charge in [-0.15, -0.1) is 0 Å². The number of hydrogen-bond acceptors (Lipinski definition) is 3. The van der Waals surface area contributed by atoms with Crippen LogP contribution in [-0.2, 0) is 5.41 Å². The fourth-order valence-corrected chi connectivity index (χ4v) is 5.60. The van der Waals surface area contributed by atoms with Crippen LogP contribution in [-0.4, -0.2) is 9.97 Å². The van der Waals surface area contributed by atoms with E-state index in [0.717, 1.165) is 63.0 Å². The zero-order valence-corrected chi connectivity index (χ0v) is 19.0. The van der Waals surface area contributed by atoms with Crippen molar-refractivity contribution in [2.45, 2.75) is 46.0 Å². The van der Waals surface area contributed by atoms with Crippen molar-refractivity contribution in [3.05, 3.63) is 83.2 Å².